The molecule has 39 heavy (non-hydrogen) atoms. The Kier molecular flexibility index (Phi) is 8.60. The highest BCUT2D eigenvalue weighted by molar-refractivity contribution is 7.17. The second-order valence-corrected chi connectivity index (χ2v) is 9.63. The van der Waals surface area contributed by atoms with E-state index in [1.165, 1.54) is 36.5 Å². The summed E-state index contributed by atoms with van der Waals surface area (Å²) in [5, 5.41) is 11.4. The minimum absolute atomic E-state index is 0.124. The van der Waals surface area contributed by atoms with Crippen molar-refractivity contribution in [3.8, 4) is 11.5 Å². The number of aliphatic hydroxyl groups is 1. The third kappa shape index (κ3) is 5.49. The maximum atomic E-state index is 13.5. The standard InChI is InChI=1S/C28H29N3O7S/c1-5-7-14-38-19-9-8-18(15-20(19)36-4)22-21(23(32)17-10-12-29-13-11-17)24(33)26(34)31(22)28-30-16(3)25(39-28)27(35)37-6-2/h8-13,15,22,32H,5-7,14H2,1-4H3. The molecule has 1 amide bonds. The van der Waals surface area contributed by atoms with E-state index in [0.717, 1.165) is 24.2 Å². The Bertz CT molecular complexity index is 1420. The number of thiazole rings is 1. The molecule has 1 fully saturated rings. The maximum Gasteiger partial charge on any atom is 0.350 e. The molecule has 1 aromatic carbocycles. The minimum Gasteiger partial charge on any atom is -0.507 e. The number of nitrogens with zero attached hydrogens (tertiary/aromatic N) is 3. The molecule has 0 aliphatic carbocycles. The molecular formula is C28H29N3O7S. The van der Waals surface area contributed by atoms with E-state index in [1.54, 1.807) is 32.0 Å². The molecule has 1 aliphatic rings. The molecule has 1 atom stereocenters. The van der Waals surface area contributed by atoms with Gasteiger partial charge in [0.2, 0.25) is 0 Å². The van der Waals surface area contributed by atoms with Crippen LogP contribution in [0.4, 0.5) is 5.13 Å². The second kappa shape index (κ2) is 12.1. The molecular weight excluding hydrogens is 522 g/mol. The van der Waals surface area contributed by atoms with E-state index in [9.17, 15) is 19.5 Å². The second-order valence-electron chi connectivity index (χ2n) is 8.65. The van der Waals surface area contributed by atoms with Gasteiger partial charge in [0.05, 0.1) is 37.6 Å². The van der Waals surface area contributed by atoms with Crippen molar-refractivity contribution >= 4 is 39.9 Å². The van der Waals surface area contributed by atoms with Crippen molar-refractivity contribution in [1.29, 1.82) is 0 Å². The van der Waals surface area contributed by atoms with Crippen LogP contribution in [-0.2, 0) is 14.3 Å². The zero-order chi connectivity index (χ0) is 28.1. The summed E-state index contributed by atoms with van der Waals surface area (Å²) in [6.07, 6.45) is 4.77. The first-order valence-electron chi connectivity index (χ1n) is 12.5. The van der Waals surface area contributed by atoms with Crippen LogP contribution in [0, 0.1) is 6.92 Å². The summed E-state index contributed by atoms with van der Waals surface area (Å²) in [4.78, 5) is 49.2. The number of rotatable bonds is 10. The van der Waals surface area contributed by atoms with Crippen LogP contribution < -0.4 is 14.4 Å². The molecule has 0 saturated carbocycles. The van der Waals surface area contributed by atoms with Gasteiger partial charge in [0, 0.05) is 18.0 Å². The molecule has 3 aromatic rings. The molecule has 1 saturated heterocycles. The number of pyridine rings is 1. The molecule has 1 aliphatic heterocycles. The highest BCUT2D eigenvalue weighted by Crippen LogP contribution is 2.45. The number of aromatic nitrogens is 2. The third-order valence-electron chi connectivity index (χ3n) is 6.11. The van der Waals surface area contributed by atoms with E-state index in [1.807, 2.05) is 0 Å². The van der Waals surface area contributed by atoms with Gasteiger partial charge in [0.25, 0.3) is 5.78 Å². The van der Waals surface area contributed by atoms with Crippen LogP contribution in [0.1, 0.15) is 59.2 Å². The predicted octanol–water partition coefficient (Wildman–Crippen LogP) is 4.84. The Labute approximate surface area is 229 Å². The van der Waals surface area contributed by atoms with Gasteiger partial charge in [-0.05, 0) is 50.1 Å². The Hall–Kier alpha value is -4.25. The predicted molar refractivity (Wildman–Crippen MR) is 145 cm³/mol. The molecule has 1 unspecified atom stereocenters. The van der Waals surface area contributed by atoms with Gasteiger partial charge in [0.15, 0.2) is 16.6 Å². The molecule has 4 rings (SSSR count). The molecule has 10 nitrogen and oxygen atoms in total. The van der Waals surface area contributed by atoms with Gasteiger partial charge in [-0.3, -0.25) is 19.5 Å². The summed E-state index contributed by atoms with van der Waals surface area (Å²) in [5.41, 5.74) is 1.04. The lowest BCUT2D eigenvalue weighted by Gasteiger charge is -2.24. The Morgan fingerprint density at radius 3 is 2.54 bits per heavy atom. The number of carbonyl (C=O) groups is 3. The van der Waals surface area contributed by atoms with Gasteiger partial charge >= 0.3 is 11.9 Å². The van der Waals surface area contributed by atoms with Gasteiger partial charge in [-0.25, -0.2) is 9.78 Å². The molecule has 3 heterocycles. The van der Waals surface area contributed by atoms with E-state index in [2.05, 4.69) is 16.9 Å². The first kappa shape index (κ1) is 27.8. The first-order chi connectivity index (χ1) is 18.8. The van der Waals surface area contributed by atoms with E-state index >= 15 is 0 Å². The number of hydrogen-bond donors (Lipinski definition) is 1. The highest BCUT2D eigenvalue weighted by Gasteiger charge is 2.48. The van der Waals surface area contributed by atoms with Gasteiger partial charge < -0.3 is 19.3 Å². The van der Waals surface area contributed by atoms with Crippen LogP contribution in [0.3, 0.4) is 0 Å². The van der Waals surface area contributed by atoms with Crippen LogP contribution in [0.15, 0.2) is 48.3 Å². The minimum atomic E-state index is -1.06. The number of benzene rings is 1. The number of anilines is 1. The smallest absolute Gasteiger partial charge is 0.350 e. The van der Waals surface area contributed by atoms with Crippen molar-refractivity contribution < 1.29 is 33.7 Å². The molecule has 0 bridgehead atoms. The summed E-state index contributed by atoms with van der Waals surface area (Å²) in [6, 6.07) is 7.09. The van der Waals surface area contributed by atoms with Crippen LogP contribution in [0.2, 0.25) is 0 Å². The average Bonchev–Trinajstić information content (AvgIpc) is 3.45. The fraction of sp³-hybridized carbons (Fsp3) is 0.321. The molecule has 2 aromatic heterocycles. The van der Waals surface area contributed by atoms with Gasteiger partial charge in [-0.15, -0.1) is 0 Å². The van der Waals surface area contributed by atoms with Crippen LogP contribution in [-0.4, -0.2) is 53.1 Å². The van der Waals surface area contributed by atoms with Crippen LogP contribution >= 0.6 is 11.3 Å². The molecule has 0 spiro atoms. The number of Topliss-reactive ketones (excluding diaryl/α,β-unsaturated/α-hetero) is 1. The number of carbonyl (C=O) groups excluding carboxylic acids is 3. The summed E-state index contributed by atoms with van der Waals surface area (Å²) in [7, 11) is 1.50. The zero-order valence-electron chi connectivity index (χ0n) is 22.1. The van der Waals surface area contributed by atoms with Crippen molar-refractivity contribution in [3.05, 3.63) is 70.0 Å². The van der Waals surface area contributed by atoms with Crippen molar-refractivity contribution in [2.45, 2.75) is 39.7 Å². The molecule has 11 heteroatoms. The SMILES string of the molecule is CCCCOc1ccc(C2C(=C(O)c3ccncc3)C(=O)C(=O)N2c2nc(C)c(C(=O)OCC)s2)cc1OC. The first-order valence-corrected chi connectivity index (χ1v) is 13.3. The molecule has 1 N–H and O–H groups in total. The van der Waals surface area contributed by atoms with Crippen LogP contribution in [0.25, 0.3) is 5.76 Å². The number of aliphatic hydroxyl groups excluding tert-OH is 1. The van der Waals surface area contributed by atoms with E-state index in [4.69, 9.17) is 14.2 Å². The highest BCUT2D eigenvalue weighted by atomic mass is 32.1. The lowest BCUT2D eigenvalue weighted by atomic mass is 9.95. The fourth-order valence-electron chi connectivity index (χ4n) is 4.18. The average molecular weight is 552 g/mol. The number of methoxy groups -OCH3 is 1. The topological polar surface area (TPSA) is 128 Å². The van der Waals surface area contributed by atoms with Crippen molar-refractivity contribution in [2.75, 3.05) is 25.2 Å². The van der Waals surface area contributed by atoms with Crippen molar-refractivity contribution in [1.82, 2.24) is 9.97 Å². The number of aryl methyl sites for hydroxylation is 1. The summed E-state index contributed by atoms with van der Waals surface area (Å²) < 4.78 is 16.5. The largest absolute Gasteiger partial charge is 0.507 e. The number of amides is 1. The van der Waals surface area contributed by atoms with Crippen molar-refractivity contribution in [2.24, 2.45) is 0 Å². The number of hydrogen-bond acceptors (Lipinski definition) is 10. The van der Waals surface area contributed by atoms with Crippen molar-refractivity contribution in [3.63, 3.8) is 0 Å². The zero-order valence-corrected chi connectivity index (χ0v) is 22.9. The van der Waals surface area contributed by atoms with E-state index < -0.39 is 23.7 Å². The lowest BCUT2D eigenvalue weighted by Crippen LogP contribution is -2.29. The lowest BCUT2D eigenvalue weighted by molar-refractivity contribution is -0.132. The quantitative estimate of drug-likeness (QED) is 0.124. The number of esters is 1. The Morgan fingerprint density at radius 2 is 1.87 bits per heavy atom. The fourth-order valence-corrected chi connectivity index (χ4v) is 5.17. The van der Waals surface area contributed by atoms with Crippen LogP contribution in [0.5, 0.6) is 11.5 Å². The summed E-state index contributed by atoms with van der Waals surface area (Å²) in [6.45, 7) is 6.05. The molecule has 0 radical (unpaired) electrons. The monoisotopic (exact) mass is 551 g/mol. The van der Waals surface area contributed by atoms with Gasteiger partial charge in [0.1, 0.15) is 10.6 Å². The Balaban J connectivity index is 1.88. The van der Waals surface area contributed by atoms with E-state index in [-0.39, 0.29) is 27.9 Å². The number of ketones is 1. The number of ether oxygens (including phenoxy) is 3. The Morgan fingerprint density at radius 1 is 1.13 bits per heavy atom. The van der Waals surface area contributed by atoms with Gasteiger partial charge in [-0.2, -0.15) is 0 Å². The summed E-state index contributed by atoms with van der Waals surface area (Å²) >= 11 is 0.942. The third-order valence-corrected chi connectivity index (χ3v) is 7.25. The van der Waals surface area contributed by atoms with E-state index in [0.29, 0.717) is 34.9 Å². The number of unbranched alkanes of at least 4 members (excludes halogenated alkanes) is 1. The van der Waals surface area contributed by atoms with Gasteiger partial charge in [-0.1, -0.05) is 30.7 Å². The summed E-state index contributed by atoms with van der Waals surface area (Å²) in [5.74, 6) is -1.79. The maximum absolute atomic E-state index is 13.5. The molecule has 204 valence electrons. The normalized spacial score (nSPS) is 16.4.